The Kier molecular flexibility index (Phi) is 5.97. The molecule has 1 aromatic heterocycles. The number of hydrogen-bond donors (Lipinski definition) is 1. The summed E-state index contributed by atoms with van der Waals surface area (Å²) in [5.41, 5.74) is 10.4. The van der Waals surface area contributed by atoms with Gasteiger partial charge in [-0.05, 0) is 56.9 Å². The fraction of sp³-hybridized carbons (Fsp3) is 0.524. The first-order valence-corrected chi connectivity index (χ1v) is 9.55. The van der Waals surface area contributed by atoms with Crippen LogP contribution in [0.2, 0.25) is 0 Å². The average molecular weight is 370 g/mol. The molecule has 1 aromatic carbocycles. The number of carbonyl (C=O) groups is 1. The smallest absolute Gasteiger partial charge is 0.225 e. The van der Waals surface area contributed by atoms with Gasteiger partial charge in [-0.2, -0.15) is 5.10 Å². The van der Waals surface area contributed by atoms with Crippen LogP contribution >= 0.6 is 0 Å². The number of carbonyl (C=O) groups excluding carboxylic acids is 1. The van der Waals surface area contributed by atoms with Gasteiger partial charge in [-0.25, -0.2) is 4.68 Å². The number of ether oxygens (including phenoxy) is 1. The first kappa shape index (κ1) is 19.6. The Labute approximate surface area is 161 Å². The zero-order valence-corrected chi connectivity index (χ0v) is 16.7. The topological polar surface area (TPSA) is 73.4 Å². The molecule has 1 heterocycles. The van der Waals surface area contributed by atoms with Crippen LogP contribution < -0.4 is 5.73 Å². The fourth-order valence-electron chi connectivity index (χ4n) is 4.03. The molecule has 0 unspecified atom stereocenters. The van der Waals surface area contributed by atoms with Gasteiger partial charge in [-0.15, -0.1) is 0 Å². The van der Waals surface area contributed by atoms with Crippen LogP contribution in [0.4, 0.5) is 0 Å². The van der Waals surface area contributed by atoms with Gasteiger partial charge in [0.25, 0.3) is 0 Å². The molecule has 0 radical (unpaired) electrons. The predicted octanol–water partition coefficient (Wildman–Crippen LogP) is 2.59. The molecule has 146 valence electrons. The molecule has 6 nitrogen and oxygen atoms in total. The van der Waals surface area contributed by atoms with E-state index in [-0.39, 0.29) is 24.0 Å². The minimum Gasteiger partial charge on any atom is -0.380 e. The Hall–Kier alpha value is -2.18. The average Bonchev–Trinajstić information content (AvgIpc) is 2.99. The summed E-state index contributed by atoms with van der Waals surface area (Å²) in [5, 5.41) is 4.54. The molecule has 1 aliphatic rings. The summed E-state index contributed by atoms with van der Waals surface area (Å²) < 4.78 is 7.33. The minimum atomic E-state index is -0.0690. The Morgan fingerprint density at radius 2 is 2.11 bits per heavy atom. The molecule has 1 saturated carbocycles. The minimum absolute atomic E-state index is 0.0180. The van der Waals surface area contributed by atoms with Crippen molar-refractivity contribution in [3.05, 3.63) is 47.3 Å². The zero-order valence-electron chi connectivity index (χ0n) is 16.7. The van der Waals surface area contributed by atoms with Gasteiger partial charge in [0.2, 0.25) is 5.91 Å². The highest BCUT2D eigenvalue weighted by molar-refractivity contribution is 5.78. The van der Waals surface area contributed by atoms with E-state index in [2.05, 4.69) is 17.2 Å². The maximum atomic E-state index is 12.9. The Bertz CT molecular complexity index is 801. The molecule has 2 N–H and O–H groups in total. The lowest BCUT2D eigenvalue weighted by Gasteiger charge is -2.34. The molecule has 6 heteroatoms. The second-order valence-electron chi connectivity index (χ2n) is 7.65. The van der Waals surface area contributed by atoms with Crippen LogP contribution in [-0.2, 0) is 16.1 Å². The molecule has 2 aromatic rings. The normalized spacial score (nSPS) is 22.6. The van der Waals surface area contributed by atoms with Gasteiger partial charge in [0.1, 0.15) is 0 Å². The van der Waals surface area contributed by atoms with Crippen LogP contribution in [0, 0.1) is 19.8 Å². The van der Waals surface area contributed by atoms with E-state index in [0.717, 1.165) is 35.5 Å². The second-order valence-corrected chi connectivity index (χ2v) is 7.65. The van der Waals surface area contributed by atoms with Crippen molar-refractivity contribution in [2.45, 2.75) is 51.8 Å². The highest BCUT2D eigenvalue weighted by Crippen LogP contribution is 2.27. The van der Waals surface area contributed by atoms with E-state index in [1.54, 1.807) is 7.11 Å². The van der Waals surface area contributed by atoms with Crippen molar-refractivity contribution in [2.24, 2.45) is 11.7 Å². The van der Waals surface area contributed by atoms with Crippen molar-refractivity contribution in [2.75, 3.05) is 14.2 Å². The van der Waals surface area contributed by atoms with Crippen molar-refractivity contribution in [1.29, 1.82) is 0 Å². The second kappa shape index (κ2) is 8.23. The van der Waals surface area contributed by atoms with E-state index in [9.17, 15) is 4.79 Å². The van der Waals surface area contributed by atoms with E-state index >= 15 is 0 Å². The van der Waals surface area contributed by atoms with Crippen molar-refractivity contribution < 1.29 is 9.53 Å². The molecule has 0 bridgehead atoms. The molecule has 1 fully saturated rings. The third-order valence-corrected chi connectivity index (χ3v) is 5.45. The molecule has 3 rings (SSSR count). The number of nitrogens with two attached hydrogens (primary N) is 1. The summed E-state index contributed by atoms with van der Waals surface area (Å²) in [6.07, 6.45) is 2.43. The lowest BCUT2D eigenvalue weighted by Crippen LogP contribution is -2.45. The standard InChI is InChI=1S/C21H30N4O2/c1-14-10-15(2)25(23-14)18-7-5-6-16(11-18)13-24(3)21(26)17-8-9-20(27-4)19(22)12-17/h5-7,10-11,17,19-20H,8-9,12-13,22H2,1-4H3/t17-,19+,20+/m0/s1. The van der Waals surface area contributed by atoms with E-state index in [1.807, 2.05) is 48.7 Å². The molecular formula is C21H30N4O2. The van der Waals surface area contributed by atoms with Gasteiger partial charge in [0, 0.05) is 38.4 Å². The maximum absolute atomic E-state index is 12.9. The molecule has 0 saturated heterocycles. The van der Waals surface area contributed by atoms with Crippen LogP contribution in [0.15, 0.2) is 30.3 Å². The van der Waals surface area contributed by atoms with Gasteiger partial charge < -0.3 is 15.4 Å². The molecular weight excluding hydrogens is 340 g/mol. The first-order chi connectivity index (χ1) is 12.9. The van der Waals surface area contributed by atoms with Gasteiger partial charge in [0.15, 0.2) is 0 Å². The van der Waals surface area contributed by atoms with Crippen molar-refractivity contribution in [3.8, 4) is 5.69 Å². The molecule has 1 aliphatic carbocycles. The summed E-state index contributed by atoms with van der Waals surface area (Å²) in [7, 11) is 3.56. The summed E-state index contributed by atoms with van der Waals surface area (Å²) >= 11 is 0. The maximum Gasteiger partial charge on any atom is 0.225 e. The van der Waals surface area contributed by atoms with Gasteiger partial charge in [-0.3, -0.25) is 4.79 Å². The lowest BCUT2D eigenvalue weighted by molar-refractivity contribution is -0.137. The highest BCUT2D eigenvalue weighted by atomic mass is 16.5. The summed E-state index contributed by atoms with van der Waals surface area (Å²) in [6.45, 7) is 4.61. The SMILES string of the molecule is CO[C@@H]1CC[C@H](C(=O)N(C)Cc2cccc(-n3nc(C)cc3C)c2)C[C@H]1N. The van der Waals surface area contributed by atoms with Crippen LogP contribution in [0.5, 0.6) is 0 Å². The highest BCUT2D eigenvalue weighted by Gasteiger charge is 2.33. The molecule has 1 amide bonds. The largest absolute Gasteiger partial charge is 0.380 e. The number of hydrogen-bond acceptors (Lipinski definition) is 4. The Morgan fingerprint density at radius 3 is 2.74 bits per heavy atom. The van der Waals surface area contributed by atoms with E-state index in [4.69, 9.17) is 10.5 Å². The van der Waals surface area contributed by atoms with E-state index < -0.39 is 0 Å². The summed E-state index contributed by atoms with van der Waals surface area (Å²) in [5.74, 6) is 0.145. The van der Waals surface area contributed by atoms with E-state index in [1.165, 1.54) is 0 Å². The number of aromatic nitrogens is 2. The van der Waals surface area contributed by atoms with E-state index in [0.29, 0.717) is 13.0 Å². The van der Waals surface area contributed by atoms with Gasteiger partial charge in [-0.1, -0.05) is 12.1 Å². The van der Waals surface area contributed by atoms with Gasteiger partial charge in [0.05, 0.1) is 17.5 Å². The number of amides is 1. The predicted molar refractivity (Wildman–Crippen MR) is 106 cm³/mol. The third kappa shape index (κ3) is 4.39. The fourth-order valence-corrected chi connectivity index (χ4v) is 4.03. The Morgan fingerprint density at radius 1 is 1.33 bits per heavy atom. The number of methoxy groups -OCH3 is 1. The number of rotatable bonds is 5. The zero-order chi connectivity index (χ0) is 19.6. The summed E-state index contributed by atoms with van der Waals surface area (Å²) in [6, 6.07) is 10.2. The Balaban J connectivity index is 1.67. The van der Waals surface area contributed by atoms with Gasteiger partial charge >= 0.3 is 0 Å². The number of nitrogens with zero attached hydrogens (tertiary/aromatic N) is 3. The number of benzene rings is 1. The van der Waals surface area contributed by atoms with Crippen molar-refractivity contribution >= 4 is 5.91 Å². The summed E-state index contributed by atoms with van der Waals surface area (Å²) in [4.78, 5) is 14.7. The van der Waals surface area contributed by atoms with Crippen LogP contribution in [0.3, 0.4) is 0 Å². The third-order valence-electron chi connectivity index (χ3n) is 5.45. The van der Waals surface area contributed by atoms with Crippen molar-refractivity contribution in [3.63, 3.8) is 0 Å². The van der Waals surface area contributed by atoms with Crippen LogP contribution in [0.25, 0.3) is 5.69 Å². The monoisotopic (exact) mass is 370 g/mol. The quantitative estimate of drug-likeness (QED) is 0.878. The van der Waals surface area contributed by atoms with Crippen molar-refractivity contribution in [1.82, 2.24) is 14.7 Å². The molecule has 3 atom stereocenters. The molecule has 0 spiro atoms. The van der Waals surface area contributed by atoms with Crippen LogP contribution in [0.1, 0.15) is 36.2 Å². The van der Waals surface area contributed by atoms with Crippen LogP contribution in [-0.4, -0.2) is 46.9 Å². The first-order valence-electron chi connectivity index (χ1n) is 9.55. The number of aryl methyl sites for hydroxylation is 2. The molecule has 27 heavy (non-hydrogen) atoms. The lowest BCUT2D eigenvalue weighted by atomic mass is 9.83. The molecule has 0 aliphatic heterocycles.